The van der Waals surface area contributed by atoms with Gasteiger partial charge in [-0.3, -0.25) is 0 Å². The van der Waals surface area contributed by atoms with Gasteiger partial charge in [0.15, 0.2) is 5.65 Å². The molecule has 0 radical (unpaired) electrons. The molecule has 4 heteroatoms. The Morgan fingerprint density at radius 2 is 2.15 bits per heavy atom. The van der Waals surface area contributed by atoms with Gasteiger partial charge in [0.25, 0.3) is 0 Å². The molecule has 102 valence electrons. The van der Waals surface area contributed by atoms with Crippen LogP contribution >= 0.6 is 0 Å². The fraction of sp³-hybridized carbons (Fsp3) is 0.250. The zero-order valence-corrected chi connectivity index (χ0v) is 11.8. The van der Waals surface area contributed by atoms with Crippen LogP contribution < -0.4 is 5.32 Å². The summed E-state index contributed by atoms with van der Waals surface area (Å²) >= 11 is 0. The Balaban J connectivity index is 2.10. The second-order valence-electron chi connectivity index (χ2n) is 4.92. The molecule has 4 nitrogen and oxygen atoms in total. The molecule has 0 aliphatic heterocycles. The summed E-state index contributed by atoms with van der Waals surface area (Å²) in [6, 6.07) is 10.4. The highest BCUT2D eigenvalue weighted by atomic mass is 15.3. The van der Waals surface area contributed by atoms with Gasteiger partial charge < -0.3 is 5.32 Å². The van der Waals surface area contributed by atoms with Gasteiger partial charge in [0, 0.05) is 18.3 Å². The maximum atomic E-state index is 4.48. The van der Waals surface area contributed by atoms with E-state index < -0.39 is 0 Å². The average Bonchev–Trinajstić information content (AvgIpc) is 2.89. The molecule has 0 unspecified atom stereocenters. The summed E-state index contributed by atoms with van der Waals surface area (Å²) in [7, 11) is 0. The lowest BCUT2D eigenvalue weighted by Gasteiger charge is -2.06. The van der Waals surface area contributed by atoms with Crippen molar-refractivity contribution in [3.8, 4) is 11.1 Å². The lowest BCUT2D eigenvalue weighted by Crippen LogP contribution is -2.06. The number of hydrogen-bond donors (Lipinski definition) is 1. The van der Waals surface area contributed by atoms with Crippen molar-refractivity contribution < 1.29 is 0 Å². The molecule has 1 aromatic carbocycles. The van der Waals surface area contributed by atoms with Gasteiger partial charge in [-0.2, -0.15) is 9.61 Å². The topological polar surface area (TPSA) is 42.2 Å². The van der Waals surface area contributed by atoms with Crippen LogP contribution in [0.25, 0.3) is 16.8 Å². The van der Waals surface area contributed by atoms with E-state index in [1.54, 1.807) is 0 Å². The van der Waals surface area contributed by atoms with E-state index in [-0.39, 0.29) is 0 Å². The maximum Gasteiger partial charge on any atom is 0.165 e. The second kappa shape index (κ2) is 5.33. The highest BCUT2D eigenvalue weighted by molar-refractivity contribution is 5.78. The molecular weight excluding hydrogens is 248 g/mol. The molecular formula is C16H18N4. The van der Waals surface area contributed by atoms with Gasteiger partial charge in [-0.25, -0.2) is 4.98 Å². The summed E-state index contributed by atoms with van der Waals surface area (Å²) in [4.78, 5) is 4.48. The molecule has 0 saturated carbocycles. The Hall–Kier alpha value is -2.36. The minimum Gasteiger partial charge on any atom is -0.370 e. The normalized spacial score (nSPS) is 10.9. The zero-order valence-electron chi connectivity index (χ0n) is 11.8. The number of anilines is 1. The molecule has 0 spiro atoms. The molecule has 0 aliphatic rings. The van der Waals surface area contributed by atoms with Crippen LogP contribution in [0.5, 0.6) is 0 Å². The van der Waals surface area contributed by atoms with E-state index in [0.717, 1.165) is 35.6 Å². The van der Waals surface area contributed by atoms with E-state index in [4.69, 9.17) is 0 Å². The lowest BCUT2D eigenvalue weighted by molar-refractivity contribution is 0.903. The minimum atomic E-state index is 0.886. The second-order valence-corrected chi connectivity index (χ2v) is 4.92. The SMILES string of the molecule is CCCNc1ccnc2c(-c3cccc(C)c3)cnn12. The number of nitrogens with one attached hydrogen (secondary N) is 1. The Labute approximate surface area is 118 Å². The molecule has 3 rings (SSSR count). The summed E-state index contributed by atoms with van der Waals surface area (Å²) < 4.78 is 1.87. The molecule has 0 aliphatic carbocycles. The Morgan fingerprint density at radius 3 is 2.95 bits per heavy atom. The van der Waals surface area contributed by atoms with Crippen molar-refractivity contribution in [3.05, 3.63) is 48.3 Å². The quantitative estimate of drug-likeness (QED) is 0.785. The molecule has 0 fully saturated rings. The van der Waals surface area contributed by atoms with Crippen molar-refractivity contribution in [2.24, 2.45) is 0 Å². The van der Waals surface area contributed by atoms with Gasteiger partial charge >= 0.3 is 0 Å². The van der Waals surface area contributed by atoms with Crippen LogP contribution in [0.2, 0.25) is 0 Å². The van der Waals surface area contributed by atoms with Gasteiger partial charge in [0.05, 0.1) is 6.20 Å². The summed E-state index contributed by atoms with van der Waals surface area (Å²) in [5, 5.41) is 7.84. The average molecular weight is 266 g/mol. The third-order valence-electron chi connectivity index (χ3n) is 3.29. The fourth-order valence-corrected chi connectivity index (χ4v) is 2.29. The largest absolute Gasteiger partial charge is 0.370 e. The van der Waals surface area contributed by atoms with Crippen LogP contribution in [0.1, 0.15) is 18.9 Å². The number of hydrogen-bond acceptors (Lipinski definition) is 3. The predicted molar refractivity (Wildman–Crippen MR) is 81.9 cm³/mol. The Bertz CT molecular complexity index is 730. The first-order chi connectivity index (χ1) is 9.79. The van der Waals surface area contributed by atoms with Crippen LogP contribution in [-0.4, -0.2) is 21.1 Å². The first kappa shape index (κ1) is 12.7. The number of nitrogens with zero attached hydrogens (tertiary/aromatic N) is 3. The Kier molecular flexibility index (Phi) is 3.37. The van der Waals surface area contributed by atoms with Crippen LogP contribution in [0.4, 0.5) is 5.82 Å². The van der Waals surface area contributed by atoms with Crippen molar-refractivity contribution in [1.82, 2.24) is 14.6 Å². The maximum absolute atomic E-state index is 4.48. The van der Waals surface area contributed by atoms with Crippen molar-refractivity contribution in [2.45, 2.75) is 20.3 Å². The lowest BCUT2D eigenvalue weighted by atomic mass is 10.1. The number of aryl methyl sites for hydroxylation is 1. The summed E-state index contributed by atoms with van der Waals surface area (Å²) in [5.74, 6) is 0.982. The van der Waals surface area contributed by atoms with Crippen LogP contribution in [0.15, 0.2) is 42.7 Å². The molecule has 0 saturated heterocycles. The number of rotatable bonds is 4. The first-order valence-electron chi connectivity index (χ1n) is 6.93. The highest BCUT2D eigenvalue weighted by Gasteiger charge is 2.10. The highest BCUT2D eigenvalue weighted by Crippen LogP contribution is 2.25. The van der Waals surface area contributed by atoms with Crippen molar-refractivity contribution in [1.29, 1.82) is 0 Å². The van der Waals surface area contributed by atoms with E-state index in [1.807, 2.05) is 23.0 Å². The number of fused-ring (bicyclic) bond motifs is 1. The van der Waals surface area contributed by atoms with Crippen LogP contribution in [-0.2, 0) is 0 Å². The molecule has 0 amide bonds. The van der Waals surface area contributed by atoms with Gasteiger partial charge in [0.1, 0.15) is 5.82 Å². The summed E-state index contributed by atoms with van der Waals surface area (Å²) in [6.07, 6.45) is 4.79. The molecule has 20 heavy (non-hydrogen) atoms. The van der Waals surface area contributed by atoms with Gasteiger partial charge in [0.2, 0.25) is 0 Å². The van der Waals surface area contributed by atoms with Gasteiger partial charge in [-0.05, 0) is 25.0 Å². The van der Waals surface area contributed by atoms with E-state index in [9.17, 15) is 0 Å². The molecule has 1 N–H and O–H groups in total. The summed E-state index contributed by atoms with van der Waals surface area (Å²) in [5.41, 5.74) is 4.34. The molecule has 2 heterocycles. The van der Waals surface area contributed by atoms with Gasteiger partial charge in [-0.1, -0.05) is 36.8 Å². The van der Waals surface area contributed by atoms with Crippen LogP contribution in [0.3, 0.4) is 0 Å². The number of benzene rings is 1. The molecule has 2 aromatic heterocycles. The molecule has 3 aromatic rings. The summed E-state index contributed by atoms with van der Waals surface area (Å²) in [6.45, 7) is 5.17. The Morgan fingerprint density at radius 1 is 1.25 bits per heavy atom. The van der Waals surface area contributed by atoms with E-state index in [1.165, 1.54) is 5.56 Å². The molecule has 0 atom stereocenters. The third-order valence-corrected chi connectivity index (χ3v) is 3.29. The van der Waals surface area contributed by atoms with Crippen LogP contribution in [0, 0.1) is 6.92 Å². The van der Waals surface area contributed by atoms with Crippen molar-refractivity contribution >= 4 is 11.5 Å². The minimum absolute atomic E-state index is 0.886. The standard InChI is InChI=1S/C16H18N4/c1-3-8-17-15-7-9-18-16-14(11-19-20(15)16)13-6-4-5-12(2)10-13/h4-7,9-11,17H,3,8H2,1-2H3. The molecule has 0 bridgehead atoms. The van der Waals surface area contributed by atoms with E-state index >= 15 is 0 Å². The smallest absolute Gasteiger partial charge is 0.165 e. The van der Waals surface area contributed by atoms with E-state index in [0.29, 0.717) is 0 Å². The monoisotopic (exact) mass is 266 g/mol. The van der Waals surface area contributed by atoms with Crippen molar-refractivity contribution in [3.63, 3.8) is 0 Å². The first-order valence-corrected chi connectivity index (χ1v) is 6.93. The fourth-order valence-electron chi connectivity index (χ4n) is 2.29. The zero-order chi connectivity index (χ0) is 13.9. The van der Waals surface area contributed by atoms with Gasteiger partial charge in [-0.15, -0.1) is 0 Å². The third kappa shape index (κ3) is 2.25. The number of aromatic nitrogens is 3. The predicted octanol–water partition coefficient (Wildman–Crippen LogP) is 3.53. The van der Waals surface area contributed by atoms with Crippen molar-refractivity contribution in [2.75, 3.05) is 11.9 Å². The van der Waals surface area contributed by atoms with E-state index in [2.05, 4.69) is 53.5 Å².